The molecule has 1 unspecified atom stereocenters. The van der Waals surface area contributed by atoms with Gasteiger partial charge in [-0.2, -0.15) is 0 Å². The van der Waals surface area contributed by atoms with Crippen LogP contribution in [-0.4, -0.2) is 57.4 Å². The van der Waals surface area contributed by atoms with Crippen LogP contribution in [0.1, 0.15) is 19.3 Å². The van der Waals surface area contributed by atoms with E-state index in [1.165, 1.54) is 0 Å². The van der Waals surface area contributed by atoms with Crippen molar-refractivity contribution in [2.45, 2.75) is 25.4 Å². The van der Waals surface area contributed by atoms with E-state index in [1.54, 1.807) is 4.31 Å². The van der Waals surface area contributed by atoms with Crippen molar-refractivity contribution >= 4 is 10.0 Å². The van der Waals surface area contributed by atoms with Crippen LogP contribution in [0.25, 0.3) is 0 Å². The van der Waals surface area contributed by atoms with Crippen LogP contribution < -0.4 is 5.32 Å². The Morgan fingerprint density at radius 3 is 2.88 bits per heavy atom. The Morgan fingerprint density at radius 1 is 1.25 bits per heavy atom. The van der Waals surface area contributed by atoms with E-state index in [0.29, 0.717) is 19.7 Å². The van der Waals surface area contributed by atoms with Crippen LogP contribution in [0, 0.1) is 0 Å². The van der Waals surface area contributed by atoms with Gasteiger partial charge in [-0.3, -0.25) is 0 Å². The molecular formula is C10H20N2O3S. The van der Waals surface area contributed by atoms with Gasteiger partial charge < -0.3 is 10.1 Å². The summed E-state index contributed by atoms with van der Waals surface area (Å²) in [6.07, 6.45) is 2.68. The van der Waals surface area contributed by atoms with Crippen molar-refractivity contribution in [3.05, 3.63) is 0 Å². The summed E-state index contributed by atoms with van der Waals surface area (Å²) in [5.41, 5.74) is 0. The van der Waals surface area contributed by atoms with Gasteiger partial charge in [0.1, 0.15) is 0 Å². The Morgan fingerprint density at radius 2 is 2.12 bits per heavy atom. The normalized spacial score (nSPS) is 29.1. The molecule has 2 rings (SSSR count). The first kappa shape index (κ1) is 12.3. The van der Waals surface area contributed by atoms with Gasteiger partial charge >= 0.3 is 0 Å². The van der Waals surface area contributed by atoms with E-state index in [1.807, 2.05) is 0 Å². The van der Waals surface area contributed by atoms with Gasteiger partial charge in [-0.25, -0.2) is 12.7 Å². The molecule has 2 saturated heterocycles. The summed E-state index contributed by atoms with van der Waals surface area (Å²) >= 11 is 0. The zero-order valence-corrected chi connectivity index (χ0v) is 10.3. The number of hydrogen-bond donors (Lipinski definition) is 1. The highest BCUT2D eigenvalue weighted by Gasteiger charge is 2.28. The molecule has 6 heteroatoms. The second-order valence-corrected chi connectivity index (χ2v) is 6.43. The molecule has 0 bridgehead atoms. The quantitative estimate of drug-likeness (QED) is 0.751. The Kier molecular flexibility index (Phi) is 4.18. The van der Waals surface area contributed by atoms with Gasteiger partial charge in [0.2, 0.25) is 10.0 Å². The molecule has 1 N–H and O–H groups in total. The van der Waals surface area contributed by atoms with Gasteiger partial charge in [-0.15, -0.1) is 0 Å². The minimum absolute atomic E-state index is 0.0822. The van der Waals surface area contributed by atoms with Crippen molar-refractivity contribution in [1.29, 1.82) is 0 Å². The first-order valence-electron chi connectivity index (χ1n) is 5.99. The maximum absolute atomic E-state index is 12.1. The van der Waals surface area contributed by atoms with Crippen LogP contribution in [0.3, 0.4) is 0 Å². The topological polar surface area (TPSA) is 58.6 Å². The lowest BCUT2D eigenvalue weighted by molar-refractivity contribution is 0.126. The van der Waals surface area contributed by atoms with Crippen LogP contribution in [-0.2, 0) is 14.8 Å². The van der Waals surface area contributed by atoms with E-state index >= 15 is 0 Å². The molecule has 5 nitrogen and oxygen atoms in total. The molecule has 0 aromatic rings. The third-order valence-electron chi connectivity index (χ3n) is 3.11. The van der Waals surface area contributed by atoms with E-state index in [9.17, 15) is 8.42 Å². The predicted molar refractivity (Wildman–Crippen MR) is 61.8 cm³/mol. The SMILES string of the molecule is O=S(=O)(CC1CCCO1)N1CCCNCC1. The average molecular weight is 248 g/mol. The third-order valence-corrected chi connectivity index (χ3v) is 5.06. The summed E-state index contributed by atoms with van der Waals surface area (Å²) < 4.78 is 31.2. The monoisotopic (exact) mass is 248 g/mol. The van der Waals surface area contributed by atoms with Gasteiger partial charge in [-0.05, 0) is 25.8 Å². The first-order valence-corrected chi connectivity index (χ1v) is 7.59. The van der Waals surface area contributed by atoms with Crippen molar-refractivity contribution in [3.63, 3.8) is 0 Å². The number of ether oxygens (including phenoxy) is 1. The van der Waals surface area contributed by atoms with Crippen molar-refractivity contribution < 1.29 is 13.2 Å². The Labute approximate surface area is 97.2 Å². The van der Waals surface area contributed by atoms with Crippen LogP contribution >= 0.6 is 0 Å². The maximum atomic E-state index is 12.1. The lowest BCUT2D eigenvalue weighted by atomic mass is 10.3. The zero-order chi connectivity index (χ0) is 11.4. The van der Waals surface area contributed by atoms with Crippen LogP contribution in [0.2, 0.25) is 0 Å². The highest BCUT2D eigenvalue weighted by molar-refractivity contribution is 7.89. The summed E-state index contributed by atoms with van der Waals surface area (Å²) in [5.74, 6) is 0.160. The number of nitrogens with one attached hydrogen (secondary N) is 1. The summed E-state index contributed by atoms with van der Waals surface area (Å²) in [6.45, 7) is 3.61. The van der Waals surface area contributed by atoms with Gasteiger partial charge in [-0.1, -0.05) is 0 Å². The molecule has 0 aromatic heterocycles. The molecule has 0 amide bonds. The molecule has 1 atom stereocenters. The summed E-state index contributed by atoms with van der Waals surface area (Å²) in [7, 11) is -3.12. The summed E-state index contributed by atoms with van der Waals surface area (Å²) in [4.78, 5) is 0. The molecule has 0 aliphatic carbocycles. The maximum Gasteiger partial charge on any atom is 0.216 e. The summed E-state index contributed by atoms with van der Waals surface area (Å²) in [6, 6.07) is 0. The van der Waals surface area contributed by atoms with Crippen LogP contribution in [0.15, 0.2) is 0 Å². The van der Waals surface area contributed by atoms with Gasteiger partial charge in [0.25, 0.3) is 0 Å². The number of nitrogens with zero attached hydrogens (tertiary/aromatic N) is 1. The van der Waals surface area contributed by atoms with Gasteiger partial charge in [0, 0.05) is 26.2 Å². The summed E-state index contributed by atoms with van der Waals surface area (Å²) in [5, 5.41) is 3.21. The standard InChI is InChI=1S/C10H20N2O3S/c13-16(14,9-10-3-1-8-15-10)12-6-2-4-11-5-7-12/h10-11H,1-9H2. The molecule has 0 spiro atoms. The van der Waals surface area contributed by atoms with E-state index in [-0.39, 0.29) is 11.9 Å². The highest BCUT2D eigenvalue weighted by atomic mass is 32.2. The lowest BCUT2D eigenvalue weighted by Crippen LogP contribution is -2.38. The molecule has 0 radical (unpaired) electrons. The second-order valence-electron chi connectivity index (χ2n) is 4.42. The van der Waals surface area contributed by atoms with E-state index in [0.717, 1.165) is 32.4 Å². The minimum atomic E-state index is -3.12. The van der Waals surface area contributed by atoms with Crippen molar-refractivity contribution in [3.8, 4) is 0 Å². The lowest BCUT2D eigenvalue weighted by Gasteiger charge is -2.21. The molecule has 16 heavy (non-hydrogen) atoms. The largest absolute Gasteiger partial charge is 0.377 e. The van der Waals surface area contributed by atoms with Gasteiger partial charge in [0.05, 0.1) is 11.9 Å². The molecule has 0 saturated carbocycles. The molecule has 0 aromatic carbocycles. The molecule has 94 valence electrons. The van der Waals surface area contributed by atoms with Crippen LogP contribution in [0.4, 0.5) is 0 Å². The highest BCUT2D eigenvalue weighted by Crippen LogP contribution is 2.16. The number of sulfonamides is 1. The average Bonchev–Trinajstić information content (AvgIpc) is 2.56. The Hall–Kier alpha value is -0.170. The number of rotatable bonds is 3. The van der Waals surface area contributed by atoms with Crippen molar-refractivity contribution in [1.82, 2.24) is 9.62 Å². The van der Waals surface area contributed by atoms with Crippen molar-refractivity contribution in [2.24, 2.45) is 0 Å². The minimum Gasteiger partial charge on any atom is -0.377 e. The fraction of sp³-hybridized carbons (Fsp3) is 1.00. The fourth-order valence-corrected chi connectivity index (χ4v) is 3.94. The number of hydrogen-bond acceptors (Lipinski definition) is 4. The predicted octanol–water partition coefficient (Wildman–Crippen LogP) is -0.209. The molecular weight excluding hydrogens is 228 g/mol. The first-order chi connectivity index (χ1) is 7.68. The van der Waals surface area contributed by atoms with Crippen molar-refractivity contribution in [2.75, 3.05) is 38.5 Å². The van der Waals surface area contributed by atoms with E-state index < -0.39 is 10.0 Å². The second kappa shape index (κ2) is 5.44. The Bertz CT molecular complexity index is 304. The van der Waals surface area contributed by atoms with Gasteiger partial charge in [0.15, 0.2) is 0 Å². The molecule has 2 aliphatic rings. The van der Waals surface area contributed by atoms with E-state index in [4.69, 9.17) is 4.74 Å². The molecule has 2 heterocycles. The third kappa shape index (κ3) is 3.16. The zero-order valence-electron chi connectivity index (χ0n) is 9.52. The molecule has 2 fully saturated rings. The smallest absolute Gasteiger partial charge is 0.216 e. The van der Waals surface area contributed by atoms with E-state index in [2.05, 4.69) is 5.32 Å². The molecule has 2 aliphatic heterocycles. The fourth-order valence-electron chi connectivity index (χ4n) is 2.22. The Balaban J connectivity index is 1.93. The van der Waals surface area contributed by atoms with Crippen LogP contribution in [0.5, 0.6) is 0 Å².